The minimum Gasteiger partial charge on any atom is -0.543 e. The highest BCUT2D eigenvalue weighted by Gasteiger charge is 2.38. The number of carbonyl (C=O) groups is 3. The van der Waals surface area contributed by atoms with E-state index in [2.05, 4.69) is 4.18 Å². The van der Waals surface area contributed by atoms with Crippen molar-refractivity contribution in [3.05, 3.63) is 77.2 Å². The molecule has 0 bridgehead atoms. The summed E-state index contributed by atoms with van der Waals surface area (Å²) < 4.78 is 29.0. The average molecular weight is 386 g/mol. The first kappa shape index (κ1) is 18.3. The van der Waals surface area contributed by atoms with Crippen LogP contribution in [0.1, 0.15) is 26.3 Å². The Morgan fingerprint density at radius 3 is 2.00 bits per heavy atom. The molecule has 8 nitrogen and oxygen atoms in total. The van der Waals surface area contributed by atoms with Gasteiger partial charge in [0, 0.05) is 0 Å². The van der Waals surface area contributed by atoms with Crippen molar-refractivity contribution in [3.8, 4) is 0 Å². The number of amides is 2. The second-order valence-electron chi connectivity index (χ2n) is 5.65. The minimum absolute atomic E-state index is 0.00367. The number of aryl methyl sites for hydroxylation is 1. The van der Waals surface area contributed by atoms with Crippen molar-refractivity contribution in [1.82, 2.24) is 4.90 Å². The molecule has 0 saturated heterocycles. The average Bonchev–Trinajstić information content (AvgIpc) is 2.87. The number of benzene rings is 2. The van der Waals surface area contributed by atoms with Crippen LogP contribution in [0.4, 0.5) is 0 Å². The van der Waals surface area contributed by atoms with Crippen molar-refractivity contribution < 1.29 is 32.1 Å². The fourth-order valence-electron chi connectivity index (χ4n) is 2.47. The van der Waals surface area contributed by atoms with Gasteiger partial charge >= 0.3 is 10.1 Å². The number of nitrogens with zero attached hydrogens (tertiary/aromatic N) is 1. The largest absolute Gasteiger partial charge is 0.543 e. The quantitative estimate of drug-likeness (QED) is 0.319. The molecular weight excluding hydrogens is 374 g/mol. The van der Waals surface area contributed by atoms with Crippen molar-refractivity contribution in [1.29, 1.82) is 0 Å². The normalized spacial score (nSPS) is 14.3. The number of hydrogen-bond donors (Lipinski definition) is 0. The van der Waals surface area contributed by atoms with E-state index < -0.39 is 33.6 Å². The standard InChI is InChI=1S/C18H13NO7S/c1-11-6-8-12(9-7-11)27(24,25)26-10-15(18(22)23)19-16(20)13-4-2-3-5-14(13)17(19)21/h2-10H,1H3,(H,22,23)/p-1/b15-10+. The molecule has 3 rings (SSSR count). The summed E-state index contributed by atoms with van der Waals surface area (Å²) in [6, 6.07) is 11.3. The highest BCUT2D eigenvalue weighted by molar-refractivity contribution is 7.86. The van der Waals surface area contributed by atoms with Crippen LogP contribution in [-0.2, 0) is 19.1 Å². The van der Waals surface area contributed by atoms with E-state index in [0.29, 0.717) is 11.2 Å². The molecule has 0 radical (unpaired) electrons. The lowest BCUT2D eigenvalue weighted by Crippen LogP contribution is -2.39. The Balaban J connectivity index is 1.95. The molecule has 9 heteroatoms. The lowest BCUT2D eigenvalue weighted by Gasteiger charge is -2.18. The SMILES string of the molecule is Cc1ccc(S(=O)(=O)O/C=C(\C(=O)[O-])N2C(=O)c3ccccc3C2=O)cc1. The molecule has 27 heavy (non-hydrogen) atoms. The number of carboxylic acid groups (broad SMARTS) is 1. The number of fused-ring (bicyclic) bond motifs is 1. The zero-order chi connectivity index (χ0) is 19.8. The third-order valence-corrected chi connectivity index (χ3v) is 5.04. The van der Waals surface area contributed by atoms with Crippen LogP contribution in [0.25, 0.3) is 0 Å². The Morgan fingerprint density at radius 1 is 1.00 bits per heavy atom. The van der Waals surface area contributed by atoms with Gasteiger partial charge in [-0.1, -0.05) is 29.8 Å². The van der Waals surface area contributed by atoms with E-state index in [1.54, 1.807) is 6.92 Å². The van der Waals surface area contributed by atoms with Crippen molar-refractivity contribution in [2.45, 2.75) is 11.8 Å². The van der Waals surface area contributed by atoms with Crippen LogP contribution in [0.5, 0.6) is 0 Å². The van der Waals surface area contributed by atoms with Crippen LogP contribution in [0.2, 0.25) is 0 Å². The molecule has 0 N–H and O–H groups in total. The monoisotopic (exact) mass is 386 g/mol. The first-order valence-electron chi connectivity index (χ1n) is 7.61. The smallest absolute Gasteiger partial charge is 0.338 e. The predicted molar refractivity (Wildman–Crippen MR) is 89.5 cm³/mol. The molecule has 0 saturated carbocycles. The first-order chi connectivity index (χ1) is 12.7. The van der Waals surface area contributed by atoms with E-state index in [-0.39, 0.29) is 16.0 Å². The van der Waals surface area contributed by atoms with Gasteiger partial charge in [-0.15, -0.1) is 0 Å². The zero-order valence-corrected chi connectivity index (χ0v) is 14.7. The Morgan fingerprint density at radius 2 is 1.52 bits per heavy atom. The van der Waals surface area contributed by atoms with Gasteiger partial charge in [0.15, 0.2) is 0 Å². The first-order valence-corrected chi connectivity index (χ1v) is 9.02. The third kappa shape index (κ3) is 3.32. The van der Waals surface area contributed by atoms with Crippen LogP contribution >= 0.6 is 0 Å². The second kappa shape index (κ2) is 6.69. The summed E-state index contributed by atoms with van der Waals surface area (Å²) in [6.45, 7) is 1.76. The summed E-state index contributed by atoms with van der Waals surface area (Å²) in [6.07, 6.45) is 0.312. The summed E-state index contributed by atoms with van der Waals surface area (Å²) >= 11 is 0. The highest BCUT2D eigenvalue weighted by atomic mass is 32.2. The summed E-state index contributed by atoms with van der Waals surface area (Å²) in [7, 11) is -4.35. The lowest BCUT2D eigenvalue weighted by molar-refractivity contribution is -0.300. The molecule has 138 valence electrons. The van der Waals surface area contributed by atoms with Gasteiger partial charge in [-0.25, -0.2) is 4.90 Å². The van der Waals surface area contributed by atoms with Gasteiger partial charge in [-0.3, -0.25) is 9.59 Å². The molecule has 2 amide bonds. The second-order valence-corrected chi connectivity index (χ2v) is 7.22. The van der Waals surface area contributed by atoms with Crippen molar-refractivity contribution in [2.24, 2.45) is 0 Å². The Bertz CT molecular complexity index is 1050. The van der Waals surface area contributed by atoms with E-state index in [0.717, 1.165) is 5.56 Å². The molecule has 1 heterocycles. The Hall–Kier alpha value is -3.46. The van der Waals surface area contributed by atoms with Gasteiger partial charge in [0.1, 0.15) is 16.9 Å². The van der Waals surface area contributed by atoms with Crippen molar-refractivity contribution in [3.63, 3.8) is 0 Å². The molecule has 2 aromatic rings. The Kier molecular flexibility index (Phi) is 4.54. The van der Waals surface area contributed by atoms with Crippen LogP contribution in [0, 0.1) is 6.92 Å². The fraction of sp³-hybridized carbons (Fsp3) is 0.0556. The van der Waals surface area contributed by atoms with E-state index >= 15 is 0 Å². The Labute approximate surface area is 154 Å². The predicted octanol–water partition coefficient (Wildman–Crippen LogP) is 0.588. The topological polar surface area (TPSA) is 121 Å². The molecule has 0 atom stereocenters. The molecule has 0 spiro atoms. The van der Waals surface area contributed by atoms with Crippen molar-refractivity contribution >= 4 is 27.9 Å². The van der Waals surface area contributed by atoms with Gasteiger partial charge in [0.25, 0.3) is 11.8 Å². The molecular formula is C18H12NO7S-. The minimum atomic E-state index is -4.35. The summed E-state index contributed by atoms with van der Waals surface area (Å²) in [5, 5.41) is 11.4. The number of carbonyl (C=O) groups excluding carboxylic acids is 3. The van der Waals surface area contributed by atoms with E-state index in [1.807, 2.05) is 0 Å². The molecule has 0 unspecified atom stereocenters. The van der Waals surface area contributed by atoms with E-state index in [4.69, 9.17) is 0 Å². The van der Waals surface area contributed by atoms with Gasteiger partial charge in [-0.2, -0.15) is 8.42 Å². The highest BCUT2D eigenvalue weighted by Crippen LogP contribution is 2.26. The molecule has 0 aromatic heterocycles. The maximum atomic E-state index is 12.4. The van der Waals surface area contributed by atoms with Gasteiger partial charge in [-0.05, 0) is 31.2 Å². The van der Waals surface area contributed by atoms with Crippen LogP contribution in [0.3, 0.4) is 0 Å². The molecule has 2 aromatic carbocycles. The third-order valence-electron chi connectivity index (χ3n) is 3.84. The number of aliphatic carboxylic acids is 1. The van der Waals surface area contributed by atoms with Crippen LogP contribution < -0.4 is 5.11 Å². The van der Waals surface area contributed by atoms with E-state index in [1.165, 1.54) is 48.5 Å². The molecule has 0 aliphatic carbocycles. The number of hydrogen-bond acceptors (Lipinski definition) is 7. The van der Waals surface area contributed by atoms with Gasteiger partial charge in [0.05, 0.1) is 17.1 Å². The maximum Gasteiger partial charge on any atom is 0.338 e. The summed E-state index contributed by atoms with van der Waals surface area (Å²) in [5.74, 6) is -3.77. The maximum absolute atomic E-state index is 12.4. The molecule has 0 fully saturated rings. The van der Waals surface area contributed by atoms with Crippen molar-refractivity contribution in [2.75, 3.05) is 0 Å². The van der Waals surface area contributed by atoms with Crippen LogP contribution in [-0.4, -0.2) is 31.1 Å². The number of carboxylic acids is 1. The summed E-state index contributed by atoms with van der Waals surface area (Å²) in [4.78, 5) is 36.2. The van der Waals surface area contributed by atoms with E-state index in [9.17, 15) is 27.9 Å². The lowest BCUT2D eigenvalue weighted by atomic mass is 10.1. The molecule has 1 aliphatic rings. The van der Waals surface area contributed by atoms with Gasteiger partial charge < -0.3 is 14.1 Å². The number of imide groups is 1. The van der Waals surface area contributed by atoms with Crippen LogP contribution in [0.15, 0.2) is 65.4 Å². The number of rotatable bonds is 5. The molecule has 1 aliphatic heterocycles. The summed E-state index contributed by atoms with van der Waals surface area (Å²) in [5.41, 5.74) is -0.213. The van der Waals surface area contributed by atoms with Gasteiger partial charge in [0.2, 0.25) is 0 Å². The fourth-order valence-corrected chi connectivity index (χ4v) is 3.27. The zero-order valence-electron chi connectivity index (χ0n) is 13.9.